The molecule has 21 N–H and O–H groups in total. The Balaban J connectivity index is 3.26. The molecule has 0 fully saturated rings. The van der Waals surface area contributed by atoms with Crippen LogP contribution in [0.15, 0.2) is 12.5 Å². The van der Waals surface area contributed by atoms with E-state index in [2.05, 4.69) is 52.5 Å². The van der Waals surface area contributed by atoms with Crippen molar-refractivity contribution in [2.45, 2.75) is 172 Å². The number of aromatic nitrogens is 2. The molecule has 14 atom stereocenters. The van der Waals surface area contributed by atoms with Gasteiger partial charge in [-0.15, -0.1) is 0 Å². The Morgan fingerprint density at radius 2 is 0.901 bits per heavy atom. The maximum absolute atomic E-state index is 13.8. The lowest BCUT2D eigenvalue weighted by atomic mass is 10.0. The third kappa shape index (κ3) is 21.3. The van der Waals surface area contributed by atoms with Gasteiger partial charge in [-0.05, 0) is 72.8 Å². The summed E-state index contributed by atoms with van der Waals surface area (Å²) in [5.74, 6) is -11.9. The van der Waals surface area contributed by atoms with Gasteiger partial charge < -0.3 is 95.4 Å². The van der Waals surface area contributed by atoms with Crippen molar-refractivity contribution >= 4 is 59.1 Å². The van der Waals surface area contributed by atoms with E-state index in [1.807, 2.05) is 0 Å². The van der Waals surface area contributed by atoms with Crippen molar-refractivity contribution in [2.24, 2.45) is 23.1 Å². The van der Waals surface area contributed by atoms with Crippen molar-refractivity contribution in [1.82, 2.24) is 52.5 Å². The summed E-state index contributed by atoms with van der Waals surface area (Å²) < 4.78 is 0. The van der Waals surface area contributed by atoms with Crippen LogP contribution in [-0.4, -0.2) is 191 Å². The van der Waals surface area contributed by atoms with E-state index in [1.165, 1.54) is 26.4 Å². The number of imidazole rings is 1. The number of carbonyl (C=O) groups is 10. The van der Waals surface area contributed by atoms with Gasteiger partial charge in [0.15, 0.2) is 0 Å². The minimum Gasteiger partial charge on any atom is -0.480 e. The van der Waals surface area contributed by atoms with Crippen LogP contribution in [0.25, 0.3) is 0 Å². The number of hydrogen-bond donors (Lipinski definition) is 18. The third-order valence-electron chi connectivity index (χ3n) is 10.8. The number of aliphatic hydroxyl groups is 5. The highest BCUT2D eigenvalue weighted by Crippen LogP contribution is 2.10. The first-order valence-corrected chi connectivity index (χ1v) is 22.8. The van der Waals surface area contributed by atoms with Gasteiger partial charge in [-0.1, -0.05) is 13.8 Å². The van der Waals surface area contributed by atoms with Gasteiger partial charge in [0, 0.05) is 24.7 Å². The zero-order valence-electron chi connectivity index (χ0n) is 40.7. The van der Waals surface area contributed by atoms with E-state index in [0.29, 0.717) is 18.5 Å². The Bertz CT molecular complexity index is 1950. The summed E-state index contributed by atoms with van der Waals surface area (Å²) in [6, 6.07) is -15.0. The Hall–Kier alpha value is -6.37. The molecule has 0 spiro atoms. The summed E-state index contributed by atoms with van der Waals surface area (Å²) in [6.45, 7) is 8.65. The zero-order chi connectivity index (χ0) is 54.4. The van der Waals surface area contributed by atoms with E-state index in [-0.39, 0.29) is 32.2 Å². The maximum Gasteiger partial charge on any atom is 0.326 e. The van der Waals surface area contributed by atoms with Gasteiger partial charge in [0.2, 0.25) is 53.2 Å². The fourth-order valence-corrected chi connectivity index (χ4v) is 6.57. The Labute approximate surface area is 409 Å². The van der Waals surface area contributed by atoms with Crippen LogP contribution in [0.1, 0.15) is 86.3 Å². The second kappa shape index (κ2) is 30.4. The molecular weight excluding hydrogens is 943 g/mol. The minimum atomic E-state index is -1.96. The highest BCUT2D eigenvalue weighted by atomic mass is 16.4. The number of amides is 9. The quantitative estimate of drug-likeness (QED) is 0.0298. The molecular formula is C42H73N13O16. The summed E-state index contributed by atoms with van der Waals surface area (Å²) in [4.78, 5) is 137. The van der Waals surface area contributed by atoms with E-state index in [0.717, 1.165) is 34.6 Å². The van der Waals surface area contributed by atoms with Crippen LogP contribution in [0.5, 0.6) is 0 Å². The summed E-state index contributed by atoms with van der Waals surface area (Å²) in [5.41, 5.74) is 16.8. The summed E-state index contributed by atoms with van der Waals surface area (Å²) in [5, 5.41) is 80.3. The Kier molecular flexibility index (Phi) is 26.8. The van der Waals surface area contributed by atoms with Crippen LogP contribution in [-0.2, 0) is 54.4 Å². The molecule has 402 valence electrons. The molecule has 1 heterocycles. The summed E-state index contributed by atoms with van der Waals surface area (Å²) in [6.07, 6.45) is -5.65. The molecule has 29 nitrogen and oxygen atoms in total. The van der Waals surface area contributed by atoms with Crippen LogP contribution < -0.4 is 59.7 Å². The monoisotopic (exact) mass is 1020 g/mol. The number of aromatic amines is 1. The molecule has 0 saturated heterocycles. The number of carboxylic acids is 1. The van der Waals surface area contributed by atoms with Crippen LogP contribution in [0.4, 0.5) is 0 Å². The lowest BCUT2D eigenvalue weighted by molar-refractivity contribution is -0.143. The number of nitrogens with zero attached hydrogens (tertiary/aromatic N) is 1. The molecule has 0 aromatic carbocycles. The molecule has 71 heavy (non-hydrogen) atoms. The van der Waals surface area contributed by atoms with Crippen LogP contribution in [0.3, 0.4) is 0 Å². The van der Waals surface area contributed by atoms with Crippen LogP contribution in [0.2, 0.25) is 0 Å². The van der Waals surface area contributed by atoms with Gasteiger partial charge in [0.05, 0.1) is 42.9 Å². The summed E-state index contributed by atoms with van der Waals surface area (Å²) >= 11 is 0. The normalized spacial score (nSPS) is 17.3. The van der Waals surface area contributed by atoms with Gasteiger partial charge in [-0.3, -0.25) is 43.2 Å². The molecule has 9 amide bonds. The van der Waals surface area contributed by atoms with Crippen molar-refractivity contribution in [1.29, 1.82) is 0 Å². The van der Waals surface area contributed by atoms with Crippen LogP contribution >= 0.6 is 0 Å². The van der Waals surface area contributed by atoms with Crippen molar-refractivity contribution in [2.75, 3.05) is 6.54 Å². The first kappa shape index (κ1) is 62.6. The SMILES string of the molecule is CC(C)[C@H](NC(=O)[C@@H](NC(=O)[C@H](Cc1cnc[nH]1)NC(=O)[C@@H](N)CCC(N)=O)[C@@H](C)O)C(=O)N[C@H](C(=O)N[C@H](C(=O)N[C@H](C(=O)N[C@H](C(=O)N[C@@H](CCCCN)C(=O)O)[C@@H](C)O)[C@@H](C)O)[C@@H](C)O)[C@@H](C)O. The first-order chi connectivity index (χ1) is 33.0. The van der Waals surface area contributed by atoms with Crippen molar-refractivity contribution in [3.63, 3.8) is 0 Å². The van der Waals surface area contributed by atoms with E-state index >= 15 is 0 Å². The molecule has 0 aliphatic rings. The predicted molar refractivity (Wildman–Crippen MR) is 248 cm³/mol. The van der Waals surface area contributed by atoms with E-state index < -0.39 is 150 Å². The number of aliphatic hydroxyl groups excluding tert-OH is 5. The van der Waals surface area contributed by atoms with Crippen molar-refractivity contribution in [3.05, 3.63) is 18.2 Å². The lowest BCUT2D eigenvalue weighted by Gasteiger charge is -2.31. The fraction of sp³-hybridized carbons (Fsp3) is 0.690. The standard InChI is InChI=1S/C42H73N13O16/c1-17(2)28(50-38(66)30(19(4)57)51-35(63)26(14-23-15-46-16-47-23)49-34(62)24(44)11-12-27(45)61)36(64)52-31(20(5)58)39(67)54-33(22(7)60)41(69)55-32(21(6)59)40(68)53-29(18(3)56)37(65)48-25(42(70)71)10-8-9-13-43/h15-22,24-26,28-33,56-60H,8-14,43-44H2,1-7H3,(H2,45,61)(H,46,47)(H,48,65)(H,49,62)(H,50,66)(H,51,63)(H,52,64)(H,53,68)(H,54,67)(H,55,69)(H,70,71)/t18-,19-,20-,21-,22-,24+,25+,26+,28+,29+,30+,31+,32+,33+/m1/s1. The minimum absolute atomic E-state index is 0.0300. The number of nitrogens with one attached hydrogen (secondary N) is 9. The number of carbonyl (C=O) groups excluding carboxylic acids is 9. The molecule has 1 rings (SSSR count). The Morgan fingerprint density at radius 1 is 0.535 bits per heavy atom. The highest BCUT2D eigenvalue weighted by molar-refractivity contribution is 5.98. The molecule has 1 aromatic rings. The molecule has 0 aliphatic carbocycles. The average Bonchev–Trinajstić information content (AvgIpc) is 3.79. The van der Waals surface area contributed by atoms with Crippen molar-refractivity contribution in [3.8, 4) is 0 Å². The number of unbranched alkanes of at least 4 members (excludes halogenated alkanes) is 1. The fourth-order valence-electron chi connectivity index (χ4n) is 6.57. The third-order valence-corrected chi connectivity index (χ3v) is 10.8. The molecule has 29 heteroatoms. The van der Waals surface area contributed by atoms with Gasteiger partial charge in [0.25, 0.3) is 0 Å². The van der Waals surface area contributed by atoms with Gasteiger partial charge in [-0.25, -0.2) is 9.78 Å². The highest BCUT2D eigenvalue weighted by Gasteiger charge is 2.39. The van der Waals surface area contributed by atoms with Crippen LogP contribution in [0, 0.1) is 5.92 Å². The number of H-pyrrole nitrogens is 1. The first-order valence-electron chi connectivity index (χ1n) is 22.8. The van der Waals surface area contributed by atoms with Gasteiger partial charge in [0.1, 0.15) is 48.3 Å². The second-order valence-corrected chi connectivity index (χ2v) is 17.5. The number of nitrogens with two attached hydrogens (primary N) is 3. The van der Waals surface area contributed by atoms with Gasteiger partial charge in [-0.2, -0.15) is 0 Å². The zero-order valence-corrected chi connectivity index (χ0v) is 40.7. The number of primary amides is 1. The predicted octanol–water partition coefficient (Wildman–Crippen LogP) is -7.80. The van der Waals surface area contributed by atoms with Gasteiger partial charge >= 0.3 is 5.97 Å². The smallest absolute Gasteiger partial charge is 0.326 e. The number of hydrogen-bond acceptors (Lipinski definition) is 18. The van der Waals surface area contributed by atoms with Crippen molar-refractivity contribution < 1.29 is 78.6 Å². The van der Waals surface area contributed by atoms with E-state index in [1.54, 1.807) is 0 Å². The molecule has 0 radical (unpaired) electrons. The van der Waals surface area contributed by atoms with E-state index in [4.69, 9.17) is 17.2 Å². The molecule has 0 unspecified atom stereocenters. The maximum atomic E-state index is 13.8. The van der Waals surface area contributed by atoms with E-state index in [9.17, 15) is 78.6 Å². The second-order valence-electron chi connectivity index (χ2n) is 17.5. The number of aliphatic carboxylic acids is 1. The Morgan fingerprint density at radius 3 is 1.24 bits per heavy atom. The average molecular weight is 1020 g/mol. The largest absolute Gasteiger partial charge is 0.480 e. The molecule has 0 bridgehead atoms. The topological polar surface area (TPSA) is 495 Å². The lowest BCUT2D eigenvalue weighted by Crippen LogP contribution is -2.65. The number of rotatable bonds is 32. The molecule has 1 aromatic heterocycles. The number of carboxylic acid groups (broad SMARTS) is 1. The summed E-state index contributed by atoms with van der Waals surface area (Å²) in [7, 11) is 0. The molecule has 0 aliphatic heterocycles. The molecule has 0 saturated carbocycles.